The highest BCUT2D eigenvalue weighted by molar-refractivity contribution is 5.93. The van der Waals surface area contributed by atoms with Gasteiger partial charge >= 0.3 is 0 Å². The lowest BCUT2D eigenvalue weighted by Gasteiger charge is -2.35. The zero-order valence-corrected chi connectivity index (χ0v) is 10.2. The first-order valence-corrected chi connectivity index (χ1v) is 5.98. The molecule has 1 aliphatic heterocycles. The molecule has 0 aliphatic carbocycles. The van der Waals surface area contributed by atoms with Crippen molar-refractivity contribution in [3.63, 3.8) is 0 Å². The molecule has 0 bridgehead atoms. The molecule has 2 heterocycles. The molecule has 0 amide bonds. The zero-order valence-electron chi connectivity index (χ0n) is 10.2. The lowest BCUT2D eigenvalue weighted by molar-refractivity contribution is 0.271. The van der Waals surface area contributed by atoms with Crippen LogP contribution in [0, 0.1) is 5.41 Å². The van der Waals surface area contributed by atoms with Gasteiger partial charge in [0.05, 0.1) is 11.9 Å². The maximum Gasteiger partial charge on any atom is 0.141 e. The lowest BCUT2D eigenvalue weighted by Crippen LogP contribution is -2.46. The van der Waals surface area contributed by atoms with Gasteiger partial charge in [-0.1, -0.05) is 6.92 Å². The van der Waals surface area contributed by atoms with E-state index in [0.717, 1.165) is 38.4 Å². The maximum atomic E-state index is 7.30. The number of nitrogens with one attached hydrogen (secondary N) is 1. The van der Waals surface area contributed by atoms with Crippen LogP contribution in [0.1, 0.15) is 12.6 Å². The van der Waals surface area contributed by atoms with Crippen molar-refractivity contribution in [3.05, 3.63) is 24.0 Å². The first kappa shape index (κ1) is 11.9. The summed E-state index contributed by atoms with van der Waals surface area (Å²) in [5.74, 6) is 0.0207. The molecule has 1 saturated heterocycles. The highest BCUT2D eigenvalue weighted by Gasteiger charge is 2.15. The van der Waals surface area contributed by atoms with E-state index in [1.807, 2.05) is 12.1 Å². The van der Waals surface area contributed by atoms with Crippen LogP contribution in [0.4, 0.5) is 5.69 Å². The number of anilines is 1. The third kappa shape index (κ3) is 2.74. The molecule has 1 aromatic heterocycles. The van der Waals surface area contributed by atoms with E-state index in [-0.39, 0.29) is 5.84 Å². The normalized spacial score (nSPS) is 17.1. The van der Waals surface area contributed by atoms with Crippen molar-refractivity contribution in [3.8, 4) is 0 Å². The van der Waals surface area contributed by atoms with E-state index in [0.29, 0.717) is 5.69 Å². The molecule has 5 heteroatoms. The quantitative estimate of drug-likeness (QED) is 0.589. The number of aromatic nitrogens is 1. The summed E-state index contributed by atoms with van der Waals surface area (Å²) in [4.78, 5) is 8.95. The van der Waals surface area contributed by atoms with Crippen LogP contribution in [-0.2, 0) is 0 Å². The predicted molar refractivity (Wildman–Crippen MR) is 69.6 cm³/mol. The molecule has 0 radical (unpaired) electrons. The van der Waals surface area contributed by atoms with E-state index >= 15 is 0 Å². The van der Waals surface area contributed by atoms with Gasteiger partial charge in [-0.25, -0.2) is 0 Å². The van der Waals surface area contributed by atoms with Crippen molar-refractivity contribution in [2.24, 2.45) is 5.73 Å². The van der Waals surface area contributed by atoms with Gasteiger partial charge in [0.15, 0.2) is 0 Å². The standard InChI is InChI=1S/C12H19N5/c1-2-16-5-7-17(8-6-16)10-3-4-11(12(13)14)15-9-10/h3-4,9H,2,5-8H2,1H3,(H3,13,14). The number of amidine groups is 1. The number of hydrogen-bond donors (Lipinski definition) is 2. The van der Waals surface area contributed by atoms with E-state index in [4.69, 9.17) is 11.1 Å². The number of likely N-dealkylation sites (N-methyl/N-ethyl adjacent to an activating group) is 1. The molecule has 0 spiro atoms. The highest BCUT2D eigenvalue weighted by Crippen LogP contribution is 2.15. The van der Waals surface area contributed by atoms with Gasteiger partial charge in [-0.05, 0) is 18.7 Å². The summed E-state index contributed by atoms with van der Waals surface area (Å²) in [6.45, 7) is 7.59. The van der Waals surface area contributed by atoms with Gasteiger partial charge in [-0.15, -0.1) is 0 Å². The minimum atomic E-state index is 0.0207. The van der Waals surface area contributed by atoms with Gasteiger partial charge in [0.25, 0.3) is 0 Å². The van der Waals surface area contributed by atoms with Gasteiger partial charge in [0, 0.05) is 26.2 Å². The fourth-order valence-corrected chi connectivity index (χ4v) is 2.05. The first-order valence-electron chi connectivity index (χ1n) is 5.98. The minimum absolute atomic E-state index is 0.0207. The van der Waals surface area contributed by atoms with Crippen LogP contribution in [0.25, 0.3) is 0 Å². The summed E-state index contributed by atoms with van der Waals surface area (Å²) in [6, 6.07) is 3.80. The molecule has 5 nitrogen and oxygen atoms in total. The van der Waals surface area contributed by atoms with Crippen molar-refractivity contribution in [1.82, 2.24) is 9.88 Å². The van der Waals surface area contributed by atoms with Crippen LogP contribution >= 0.6 is 0 Å². The van der Waals surface area contributed by atoms with Gasteiger partial charge < -0.3 is 15.5 Å². The van der Waals surface area contributed by atoms with Crippen LogP contribution in [-0.4, -0.2) is 48.4 Å². The van der Waals surface area contributed by atoms with Crippen molar-refractivity contribution in [2.75, 3.05) is 37.6 Å². The summed E-state index contributed by atoms with van der Waals surface area (Å²) in [5, 5.41) is 7.30. The zero-order chi connectivity index (χ0) is 12.3. The number of rotatable bonds is 3. The molecule has 17 heavy (non-hydrogen) atoms. The number of nitrogen functional groups attached to an aromatic ring is 1. The Labute approximate surface area is 102 Å². The average molecular weight is 233 g/mol. The summed E-state index contributed by atoms with van der Waals surface area (Å²) >= 11 is 0. The van der Waals surface area contributed by atoms with Gasteiger partial charge in [0.2, 0.25) is 0 Å². The Morgan fingerprint density at radius 2 is 2.06 bits per heavy atom. The number of hydrogen-bond acceptors (Lipinski definition) is 4. The second kappa shape index (κ2) is 5.14. The highest BCUT2D eigenvalue weighted by atomic mass is 15.3. The first-order chi connectivity index (χ1) is 8.20. The van der Waals surface area contributed by atoms with Crippen molar-refractivity contribution in [2.45, 2.75) is 6.92 Å². The molecule has 1 aliphatic rings. The number of pyridine rings is 1. The average Bonchev–Trinajstić information content (AvgIpc) is 2.39. The number of nitrogens with two attached hydrogens (primary N) is 1. The molecule has 0 saturated carbocycles. The molecular formula is C12H19N5. The van der Waals surface area contributed by atoms with Crippen LogP contribution in [0.5, 0.6) is 0 Å². The van der Waals surface area contributed by atoms with E-state index in [2.05, 4.69) is 21.7 Å². The molecule has 1 aromatic rings. The Hall–Kier alpha value is -1.62. The van der Waals surface area contributed by atoms with Crippen molar-refractivity contribution >= 4 is 11.5 Å². The van der Waals surface area contributed by atoms with E-state index in [9.17, 15) is 0 Å². The molecule has 0 aromatic carbocycles. The minimum Gasteiger partial charge on any atom is -0.382 e. The maximum absolute atomic E-state index is 7.30. The van der Waals surface area contributed by atoms with Gasteiger partial charge in [-0.3, -0.25) is 10.4 Å². The van der Waals surface area contributed by atoms with Crippen LogP contribution in [0.15, 0.2) is 18.3 Å². The monoisotopic (exact) mass is 233 g/mol. The van der Waals surface area contributed by atoms with Crippen molar-refractivity contribution < 1.29 is 0 Å². The van der Waals surface area contributed by atoms with Gasteiger partial charge in [-0.2, -0.15) is 0 Å². The summed E-state index contributed by atoms with van der Waals surface area (Å²) in [6.07, 6.45) is 1.80. The molecular weight excluding hydrogens is 214 g/mol. The largest absolute Gasteiger partial charge is 0.382 e. The van der Waals surface area contributed by atoms with Gasteiger partial charge in [0.1, 0.15) is 11.5 Å². The molecule has 0 unspecified atom stereocenters. The third-order valence-electron chi connectivity index (χ3n) is 3.21. The fourth-order valence-electron chi connectivity index (χ4n) is 2.05. The summed E-state index contributed by atoms with van der Waals surface area (Å²) in [5.41, 5.74) is 7.04. The Morgan fingerprint density at radius 3 is 2.53 bits per heavy atom. The van der Waals surface area contributed by atoms with Crippen LogP contribution in [0.3, 0.4) is 0 Å². The van der Waals surface area contributed by atoms with E-state index in [1.165, 1.54) is 0 Å². The summed E-state index contributed by atoms with van der Waals surface area (Å²) < 4.78 is 0. The second-order valence-electron chi connectivity index (χ2n) is 4.24. The predicted octanol–water partition coefficient (Wildman–Crippen LogP) is 0.508. The van der Waals surface area contributed by atoms with Crippen LogP contribution in [0.2, 0.25) is 0 Å². The number of piperazine rings is 1. The molecule has 3 N–H and O–H groups in total. The molecule has 92 valence electrons. The van der Waals surface area contributed by atoms with E-state index in [1.54, 1.807) is 6.20 Å². The Kier molecular flexibility index (Phi) is 3.58. The Morgan fingerprint density at radius 1 is 1.35 bits per heavy atom. The second-order valence-corrected chi connectivity index (χ2v) is 4.24. The molecule has 0 atom stereocenters. The SMILES string of the molecule is CCN1CCN(c2ccc(C(=N)N)nc2)CC1. The smallest absolute Gasteiger partial charge is 0.141 e. The molecule has 1 fully saturated rings. The Bertz CT molecular complexity index is 378. The topological polar surface area (TPSA) is 69.2 Å². The number of nitrogens with zero attached hydrogens (tertiary/aromatic N) is 3. The summed E-state index contributed by atoms with van der Waals surface area (Å²) in [7, 11) is 0. The van der Waals surface area contributed by atoms with E-state index < -0.39 is 0 Å². The van der Waals surface area contributed by atoms with Crippen molar-refractivity contribution in [1.29, 1.82) is 5.41 Å². The fraction of sp³-hybridized carbons (Fsp3) is 0.500. The van der Waals surface area contributed by atoms with Crippen LogP contribution < -0.4 is 10.6 Å². The lowest BCUT2D eigenvalue weighted by atomic mass is 10.2. The third-order valence-corrected chi connectivity index (χ3v) is 3.21. The molecule has 2 rings (SSSR count). The Balaban J connectivity index is 2.01.